The van der Waals surface area contributed by atoms with Crippen molar-refractivity contribution in [2.45, 2.75) is 51.3 Å². The lowest BCUT2D eigenvalue weighted by molar-refractivity contribution is -0.122. The number of hydrogen-bond donors (Lipinski definition) is 2. The quantitative estimate of drug-likeness (QED) is 0.845. The second kappa shape index (κ2) is 9.82. The van der Waals surface area contributed by atoms with Crippen molar-refractivity contribution in [1.29, 1.82) is 0 Å². The summed E-state index contributed by atoms with van der Waals surface area (Å²) in [6.45, 7) is 1.12. The second-order valence-electron chi connectivity index (χ2n) is 5.89. The highest BCUT2D eigenvalue weighted by Gasteiger charge is 2.23. The number of nitrogens with one attached hydrogen (secondary N) is 1. The summed E-state index contributed by atoms with van der Waals surface area (Å²) in [5.41, 5.74) is 8.33. The molecule has 1 amide bonds. The molecule has 5 heteroatoms. The van der Waals surface area contributed by atoms with Crippen molar-refractivity contribution in [2.24, 2.45) is 11.7 Å². The number of hydrogen-bond acceptors (Lipinski definition) is 3. The van der Waals surface area contributed by atoms with Crippen molar-refractivity contribution in [3.8, 4) is 0 Å². The van der Waals surface area contributed by atoms with Crippen LogP contribution in [0.1, 0.15) is 43.2 Å². The highest BCUT2D eigenvalue weighted by atomic mass is 35.5. The van der Waals surface area contributed by atoms with Crippen LogP contribution in [-0.2, 0) is 22.7 Å². The van der Waals surface area contributed by atoms with Gasteiger partial charge >= 0.3 is 0 Å². The van der Waals surface area contributed by atoms with Gasteiger partial charge in [-0.1, -0.05) is 37.1 Å². The van der Waals surface area contributed by atoms with Crippen molar-refractivity contribution in [1.82, 2.24) is 5.32 Å². The van der Waals surface area contributed by atoms with Gasteiger partial charge in [0.05, 0.1) is 6.61 Å². The maximum atomic E-state index is 12.1. The highest BCUT2D eigenvalue weighted by Crippen LogP contribution is 2.25. The van der Waals surface area contributed by atoms with Crippen molar-refractivity contribution >= 4 is 18.3 Å². The van der Waals surface area contributed by atoms with E-state index in [0.29, 0.717) is 25.5 Å². The molecule has 0 radical (unpaired) electrons. The second-order valence-corrected chi connectivity index (χ2v) is 5.89. The molecule has 0 aromatic heterocycles. The Morgan fingerprint density at radius 2 is 1.95 bits per heavy atom. The third kappa shape index (κ3) is 5.59. The number of carbonyl (C=O) groups excluding carboxylic acids is 1. The Bertz CT molecular complexity index is 468. The maximum absolute atomic E-state index is 12.1. The van der Waals surface area contributed by atoms with Crippen LogP contribution in [0.4, 0.5) is 0 Å². The molecule has 22 heavy (non-hydrogen) atoms. The van der Waals surface area contributed by atoms with Crippen molar-refractivity contribution in [2.75, 3.05) is 7.11 Å². The maximum Gasteiger partial charge on any atom is 0.220 e. The molecule has 0 heterocycles. The number of ether oxygens (including phenoxy) is 1. The first-order valence-corrected chi connectivity index (χ1v) is 7.78. The van der Waals surface area contributed by atoms with Crippen LogP contribution in [0, 0.1) is 5.92 Å². The number of halogens is 1. The summed E-state index contributed by atoms with van der Waals surface area (Å²) < 4.78 is 5.18. The monoisotopic (exact) mass is 326 g/mol. The predicted octanol–water partition coefficient (Wildman–Crippen LogP) is 2.78. The Hall–Kier alpha value is -1.10. The number of rotatable bonds is 6. The zero-order valence-corrected chi connectivity index (χ0v) is 14.0. The van der Waals surface area contributed by atoms with Gasteiger partial charge in [-0.25, -0.2) is 0 Å². The topological polar surface area (TPSA) is 64.3 Å². The molecule has 2 atom stereocenters. The van der Waals surface area contributed by atoms with Gasteiger partial charge in [-0.15, -0.1) is 12.4 Å². The Kier molecular flexibility index (Phi) is 8.46. The molecule has 0 saturated heterocycles. The first kappa shape index (κ1) is 18.9. The lowest BCUT2D eigenvalue weighted by Crippen LogP contribution is -2.37. The van der Waals surface area contributed by atoms with Crippen LogP contribution in [0.5, 0.6) is 0 Å². The molecule has 0 bridgehead atoms. The molecular formula is C17H27ClN2O2. The fraction of sp³-hybridized carbons (Fsp3) is 0.588. The van der Waals surface area contributed by atoms with E-state index in [1.54, 1.807) is 7.11 Å². The number of methoxy groups -OCH3 is 1. The highest BCUT2D eigenvalue weighted by molar-refractivity contribution is 5.85. The largest absolute Gasteiger partial charge is 0.380 e. The number of carbonyl (C=O) groups is 1. The smallest absolute Gasteiger partial charge is 0.220 e. The average Bonchev–Trinajstić information content (AvgIpc) is 2.49. The van der Waals surface area contributed by atoms with Crippen LogP contribution in [0.15, 0.2) is 24.3 Å². The fourth-order valence-electron chi connectivity index (χ4n) is 3.02. The molecule has 2 rings (SSSR count). The average molecular weight is 327 g/mol. The van der Waals surface area contributed by atoms with Gasteiger partial charge in [0.2, 0.25) is 5.91 Å². The molecule has 0 aliphatic heterocycles. The van der Waals surface area contributed by atoms with Gasteiger partial charge < -0.3 is 15.8 Å². The van der Waals surface area contributed by atoms with Crippen molar-refractivity contribution in [3.05, 3.63) is 35.4 Å². The van der Waals surface area contributed by atoms with Gasteiger partial charge in [0, 0.05) is 26.1 Å². The lowest BCUT2D eigenvalue weighted by Gasteiger charge is -2.28. The number of nitrogens with two attached hydrogens (primary N) is 1. The van der Waals surface area contributed by atoms with Crippen LogP contribution < -0.4 is 11.1 Å². The summed E-state index contributed by atoms with van der Waals surface area (Å²) in [6.07, 6.45) is 5.07. The molecule has 1 aliphatic rings. The molecule has 1 aromatic carbocycles. The molecule has 0 spiro atoms. The minimum atomic E-state index is 0. The summed E-state index contributed by atoms with van der Waals surface area (Å²) in [6, 6.07) is 8.21. The standard InChI is InChI=1S/C17H26N2O2.ClH/c1-21-12-15-8-3-2-7-14(15)11-19-17(20)10-13-6-4-5-9-16(13)18;/h2-3,7-8,13,16H,4-6,9-12,18H2,1H3,(H,19,20);1H. The Labute approximate surface area is 139 Å². The van der Waals surface area contributed by atoms with E-state index in [2.05, 4.69) is 5.32 Å². The molecule has 4 nitrogen and oxygen atoms in total. The van der Waals surface area contributed by atoms with E-state index in [4.69, 9.17) is 10.5 Å². The van der Waals surface area contributed by atoms with Gasteiger partial charge in [-0.05, 0) is 29.9 Å². The van der Waals surface area contributed by atoms with Gasteiger partial charge in [-0.3, -0.25) is 4.79 Å². The SMILES string of the molecule is COCc1ccccc1CNC(=O)CC1CCCCC1N.Cl. The molecular weight excluding hydrogens is 300 g/mol. The number of amides is 1. The van der Waals surface area contributed by atoms with Crippen molar-refractivity contribution < 1.29 is 9.53 Å². The van der Waals surface area contributed by atoms with E-state index in [0.717, 1.165) is 24.0 Å². The first-order valence-electron chi connectivity index (χ1n) is 7.78. The predicted molar refractivity (Wildman–Crippen MR) is 90.8 cm³/mol. The van der Waals surface area contributed by atoms with Gasteiger partial charge in [-0.2, -0.15) is 0 Å². The van der Waals surface area contributed by atoms with E-state index in [1.165, 1.54) is 12.8 Å². The minimum Gasteiger partial charge on any atom is -0.380 e. The van der Waals surface area contributed by atoms with Crippen molar-refractivity contribution in [3.63, 3.8) is 0 Å². The van der Waals surface area contributed by atoms with Gasteiger partial charge in [0.1, 0.15) is 0 Å². The Morgan fingerprint density at radius 1 is 1.27 bits per heavy atom. The van der Waals surface area contributed by atoms with Crippen LogP contribution in [-0.4, -0.2) is 19.1 Å². The normalized spacial score (nSPS) is 21.0. The lowest BCUT2D eigenvalue weighted by atomic mass is 9.83. The molecule has 124 valence electrons. The Balaban J connectivity index is 0.00000242. The van der Waals surface area contributed by atoms with E-state index in [-0.39, 0.29) is 24.4 Å². The van der Waals surface area contributed by atoms with E-state index < -0.39 is 0 Å². The summed E-state index contributed by atoms with van der Waals surface area (Å²) in [5.74, 6) is 0.442. The molecule has 1 aromatic rings. The van der Waals surface area contributed by atoms with Crippen LogP contribution >= 0.6 is 12.4 Å². The van der Waals surface area contributed by atoms with Crippen LogP contribution in [0.2, 0.25) is 0 Å². The molecule has 1 fully saturated rings. The summed E-state index contributed by atoms with van der Waals surface area (Å²) in [4.78, 5) is 12.1. The van der Waals surface area contributed by atoms with E-state index in [1.807, 2.05) is 24.3 Å². The molecule has 1 saturated carbocycles. The zero-order chi connectivity index (χ0) is 15.1. The fourth-order valence-corrected chi connectivity index (χ4v) is 3.02. The van der Waals surface area contributed by atoms with Crippen LogP contribution in [0.25, 0.3) is 0 Å². The van der Waals surface area contributed by atoms with E-state index in [9.17, 15) is 4.79 Å². The minimum absolute atomic E-state index is 0. The molecule has 1 aliphatic carbocycles. The Morgan fingerprint density at radius 3 is 2.64 bits per heavy atom. The molecule has 2 unspecified atom stereocenters. The van der Waals surface area contributed by atoms with Crippen LogP contribution in [0.3, 0.4) is 0 Å². The zero-order valence-electron chi connectivity index (χ0n) is 13.2. The van der Waals surface area contributed by atoms with E-state index >= 15 is 0 Å². The summed E-state index contributed by atoms with van der Waals surface area (Å²) >= 11 is 0. The summed E-state index contributed by atoms with van der Waals surface area (Å²) in [7, 11) is 1.68. The third-order valence-electron chi connectivity index (χ3n) is 4.31. The first-order chi connectivity index (χ1) is 10.2. The third-order valence-corrected chi connectivity index (χ3v) is 4.31. The summed E-state index contributed by atoms with van der Waals surface area (Å²) in [5, 5.41) is 3.02. The van der Waals surface area contributed by atoms with Gasteiger partial charge in [0.15, 0.2) is 0 Å². The number of benzene rings is 1. The van der Waals surface area contributed by atoms with Gasteiger partial charge in [0.25, 0.3) is 0 Å². The molecule has 3 N–H and O–H groups in total.